The number of pyridine rings is 1. The van der Waals surface area contributed by atoms with Crippen LogP contribution in [-0.4, -0.2) is 24.0 Å². The van der Waals surface area contributed by atoms with Crippen molar-refractivity contribution < 1.29 is 14.6 Å². The van der Waals surface area contributed by atoms with Gasteiger partial charge in [0.2, 0.25) is 0 Å². The molecule has 1 aromatic heterocycles. The van der Waals surface area contributed by atoms with Crippen LogP contribution in [0.3, 0.4) is 0 Å². The number of hydrogen-bond donors (Lipinski definition) is 1. The van der Waals surface area contributed by atoms with Crippen LogP contribution in [0.15, 0.2) is 16.9 Å². The number of aromatic hydroxyl groups is 1. The van der Waals surface area contributed by atoms with Crippen molar-refractivity contribution in [1.82, 2.24) is 4.98 Å². The van der Waals surface area contributed by atoms with Crippen LogP contribution in [0.1, 0.15) is 0 Å². The quantitative estimate of drug-likeness (QED) is 0.636. The first kappa shape index (κ1) is 9.28. The fourth-order valence-corrected chi connectivity index (χ4v) is 0.960. The lowest BCUT2D eigenvalue weighted by Crippen LogP contribution is -1.99. The molecule has 1 aromatic rings. The van der Waals surface area contributed by atoms with Crippen LogP contribution in [0.4, 0.5) is 0 Å². The van der Waals surface area contributed by atoms with Gasteiger partial charge in [-0.25, -0.2) is 4.98 Å². The van der Waals surface area contributed by atoms with Gasteiger partial charge in [-0.3, -0.25) is 0 Å². The van der Waals surface area contributed by atoms with Gasteiger partial charge in [-0.05, 0) is 15.9 Å². The summed E-state index contributed by atoms with van der Waals surface area (Å²) in [5, 5.41) is 9.27. The van der Waals surface area contributed by atoms with Gasteiger partial charge in [-0.2, -0.15) is 0 Å². The van der Waals surface area contributed by atoms with Crippen LogP contribution in [0.2, 0.25) is 0 Å². The highest BCUT2D eigenvalue weighted by Crippen LogP contribution is 2.26. The van der Waals surface area contributed by atoms with E-state index in [-0.39, 0.29) is 12.5 Å². The van der Waals surface area contributed by atoms with Crippen LogP contribution < -0.4 is 4.74 Å². The molecular weight excluding hydrogens is 226 g/mol. The predicted molar refractivity (Wildman–Crippen MR) is 46.1 cm³/mol. The Hall–Kier alpha value is -0.810. The zero-order valence-corrected chi connectivity index (χ0v) is 8.04. The molecule has 12 heavy (non-hydrogen) atoms. The normalized spacial score (nSPS) is 9.83. The highest BCUT2D eigenvalue weighted by Gasteiger charge is 2.02. The van der Waals surface area contributed by atoms with Gasteiger partial charge in [-0.1, -0.05) is 0 Å². The van der Waals surface area contributed by atoms with Crippen molar-refractivity contribution in [2.24, 2.45) is 0 Å². The van der Waals surface area contributed by atoms with Crippen molar-refractivity contribution in [1.29, 1.82) is 0 Å². The number of rotatable bonds is 3. The molecule has 0 unspecified atom stereocenters. The Morgan fingerprint density at radius 3 is 3.00 bits per heavy atom. The smallest absolute Gasteiger partial charge is 0.188 e. The second kappa shape index (κ2) is 4.27. The summed E-state index contributed by atoms with van der Waals surface area (Å²) < 4.78 is 10.2. The second-order valence-corrected chi connectivity index (χ2v) is 2.84. The average molecular weight is 234 g/mol. The second-order valence-electron chi connectivity index (χ2n) is 2.03. The Balaban J connectivity index is 2.72. The number of aromatic nitrogens is 1. The van der Waals surface area contributed by atoms with E-state index in [0.29, 0.717) is 10.4 Å². The Morgan fingerprint density at radius 1 is 1.67 bits per heavy atom. The zero-order valence-electron chi connectivity index (χ0n) is 6.45. The summed E-state index contributed by atoms with van der Waals surface area (Å²) in [5.74, 6) is 0.342. The Labute approximate surface area is 78.3 Å². The van der Waals surface area contributed by atoms with E-state index in [1.165, 1.54) is 19.4 Å². The monoisotopic (exact) mass is 233 g/mol. The zero-order chi connectivity index (χ0) is 8.97. The summed E-state index contributed by atoms with van der Waals surface area (Å²) in [6, 6.07) is 1.45. The third-order valence-electron chi connectivity index (χ3n) is 1.15. The van der Waals surface area contributed by atoms with Crippen LogP contribution in [-0.2, 0) is 4.74 Å². The lowest BCUT2D eigenvalue weighted by atomic mass is 10.4. The molecule has 66 valence electrons. The topological polar surface area (TPSA) is 51.6 Å². The summed E-state index contributed by atoms with van der Waals surface area (Å²) >= 11 is 3.11. The number of hydrogen-bond acceptors (Lipinski definition) is 4. The summed E-state index contributed by atoms with van der Waals surface area (Å²) in [6.45, 7) is 0.0941. The van der Waals surface area contributed by atoms with Crippen LogP contribution in [0.25, 0.3) is 0 Å². The predicted octanol–water partition coefficient (Wildman–Crippen LogP) is 1.53. The van der Waals surface area contributed by atoms with E-state index in [9.17, 15) is 5.11 Å². The van der Waals surface area contributed by atoms with E-state index >= 15 is 0 Å². The molecule has 0 amide bonds. The SMILES string of the molecule is COCOc1cnc(Br)cc1O. The molecule has 1 N–H and O–H groups in total. The molecular formula is C7H8BrNO3. The highest BCUT2D eigenvalue weighted by atomic mass is 79.9. The van der Waals surface area contributed by atoms with E-state index in [4.69, 9.17) is 4.74 Å². The molecule has 0 saturated carbocycles. The molecule has 0 aliphatic carbocycles. The summed E-state index contributed by atoms with van der Waals surface area (Å²) in [7, 11) is 1.50. The van der Waals surface area contributed by atoms with Gasteiger partial charge < -0.3 is 14.6 Å². The van der Waals surface area contributed by atoms with E-state index in [0.717, 1.165) is 0 Å². The van der Waals surface area contributed by atoms with Crippen molar-refractivity contribution >= 4 is 15.9 Å². The molecule has 0 atom stereocenters. The van der Waals surface area contributed by atoms with E-state index in [2.05, 4.69) is 25.7 Å². The van der Waals surface area contributed by atoms with E-state index in [1.807, 2.05) is 0 Å². The molecule has 0 aliphatic rings. The standard InChI is InChI=1S/C7H8BrNO3/c1-11-4-12-6-3-9-7(8)2-5(6)10/h2-3H,4H2,1H3,(H,9,10). The lowest BCUT2D eigenvalue weighted by molar-refractivity contribution is 0.0489. The molecule has 0 aromatic carbocycles. The maximum Gasteiger partial charge on any atom is 0.188 e. The number of ether oxygens (including phenoxy) is 2. The minimum atomic E-state index is 0.0360. The van der Waals surface area contributed by atoms with E-state index < -0.39 is 0 Å². The van der Waals surface area contributed by atoms with E-state index in [1.54, 1.807) is 0 Å². The van der Waals surface area contributed by atoms with Gasteiger partial charge in [0.05, 0.1) is 6.20 Å². The fraction of sp³-hybridized carbons (Fsp3) is 0.286. The van der Waals surface area contributed by atoms with Crippen molar-refractivity contribution in [2.75, 3.05) is 13.9 Å². The summed E-state index contributed by atoms with van der Waals surface area (Å²) in [5.41, 5.74) is 0. The molecule has 0 fully saturated rings. The Morgan fingerprint density at radius 2 is 2.42 bits per heavy atom. The molecule has 0 aliphatic heterocycles. The first-order valence-corrected chi connectivity index (χ1v) is 3.99. The first-order valence-electron chi connectivity index (χ1n) is 3.20. The minimum absolute atomic E-state index is 0.0360. The molecule has 5 heteroatoms. The highest BCUT2D eigenvalue weighted by molar-refractivity contribution is 9.10. The number of nitrogens with zero attached hydrogens (tertiary/aromatic N) is 1. The first-order chi connectivity index (χ1) is 5.74. The van der Waals surface area contributed by atoms with Gasteiger partial charge in [0.1, 0.15) is 4.60 Å². The van der Waals surface area contributed by atoms with Crippen molar-refractivity contribution in [3.05, 3.63) is 16.9 Å². The van der Waals surface area contributed by atoms with Crippen molar-refractivity contribution in [3.63, 3.8) is 0 Å². The molecule has 1 rings (SSSR count). The number of halogens is 1. The Bertz CT molecular complexity index is 267. The van der Waals surface area contributed by atoms with Gasteiger partial charge in [0.15, 0.2) is 18.3 Å². The molecule has 4 nitrogen and oxygen atoms in total. The third-order valence-corrected chi connectivity index (χ3v) is 1.58. The fourth-order valence-electron chi connectivity index (χ4n) is 0.641. The maximum atomic E-state index is 9.27. The van der Waals surface area contributed by atoms with Gasteiger partial charge >= 0.3 is 0 Å². The molecule has 1 heterocycles. The van der Waals surface area contributed by atoms with Gasteiger partial charge in [0, 0.05) is 13.2 Å². The number of methoxy groups -OCH3 is 1. The molecule has 0 saturated heterocycles. The molecule has 0 spiro atoms. The van der Waals surface area contributed by atoms with Crippen molar-refractivity contribution in [2.45, 2.75) is 0 Å². The largest absolute Gasteiger partial charge is 0.504 e. The Kier molecular flexibility index (Phi) is 3.31. The summed E-state index contributed by atoms with van der Waals surface area (Å²) in [6.07, 6.45) is 1.42. The van der Waals surface area contributed by atoms with Crippen molar-refractivity contribution in [3.8, 4) is 11.5 Å². The molecule has 0 bridgehead atoms. The maximum absolute atomic E-state index is 9.27. The average Bonchev–Trinajstić information content (AvgIpc) is 2.03. The van der Waals surface area contributed by atoms with Gasteiger partial charge in [-0.15, -0.1) is 0 Å². The molecule has 0 radical (unpaired) electrons. The van der Waals surface area contributed by atoms with Crippen LogP contribution >= 0.6 is 15.9 Å². The lowest BCUT2D eigenvalue weighted by Gasteiger charge is -2.05. The third kappa shape index (κ3) is 2.35. The van der Waals surface area contributed by atoms with Gasteiger partial charge in [0.25, 0.3) is 0 Å². The summed E-state index contributed by atoms with van der Waals surface area (Å²) in [4.78, 5) is 3.87. The van der Waals surface area contributed by atoms with Crippen LogP contribution in [0.5, 0.6) is 11.5 Å². The minimum Gasteiger partial charge on any atom is -0.504 e. The van der Waals surface area contributed by atoms with Crippen LogP contribution in [0, 0.1) is 0 Å².